The lowest BCUT2D eigenvalue weighted by Gasteiger charge is -2.17. The zero-order valence-corrected chi connectivity index (χ0v) is 12.9. The number of methoxy groups -OCH3 is 2. The topological polar surface area (TPSA) is 44.8 Å². The highest BCUT2D eigenvalue weighted by Crippen LogP contribution is 2.41. The summed E-state index contributed by atoms with van der Waals surface area (Å²) in [5.41, 5.74) is 2.48. The van der Waals surface area contributed by atoms with Crippen molar-refractivity contribution in [3.63, 3.8) is 0 Å². The fourth-order valence-electron chi connectivity index (χ4n) is 2.93. The normalized spacial score (nSPS) is 16.1. The third-order valence-electron chi connectivity index (χ3n) is 4.00. The number of carbonyl (C=O) groups excluding carboxylic acids is 1. The molecule has 4 nitrogen and oxygen atoms in total. The molecule has 0 saturated carbocycles. The molecule has 114 valence electrons. The van der Waals surface area contributed by atoms with Crippen molar-refractivity contribution in [2.24, 2.45) is 0 Å². The Morgan fingerprint density at radius 3 is 2.27 bits per heavy atom. The number of esters is 1. The van der Waals surface area contributed by atoms with Crippen molar-refractivity contribution in [2.75, 3.05) is 20.8 Å². The van der Waals surface area contributed by atoms with Gasteiger partial charge in [0, 0.05) is 33.9 Å². The van der Waals surface area contributed by atoms with Gasteiger partial charge in [-0.15, -0.1) is 0 Å². The SMILES string of the molecule is COc1c(C)c(/C=C2\CCOC2=O)c(OC)c2ccccc12. The van der Waals surface area contributed by atoms with Gasteiger partial charge in [-0.1, -0.05) is 24.3 Å². The van der Waals surface area contributed by atoms with Crippen molar-refractivity contribution < 1.29 is 19.0 Å². The van der Waals surface area contributed by atoms with Gasteiger partial charge in [-0.05, 0) is 13.0 Å². The molecule has 0 spiro atoms. The van der Waals surface area contributed by atoms with Crippen LogP contribution in [0.4, 0.5) is 0 Å². The zero-order chi connectivity index (χ0) is 15.7. The maximum atomic E-state index is 11.7. The molecule has 0 aliphatic carbocycles. The molecule has 3 rings (SSSR count). The Morgan fingerprint density at radius 1 is 1.09 bits per heavy atom. The molecule has 2 aromatic rings. The summed E-state index contributed by atoms with van der Waals surface area (Å²) in [6, 6.07) is 7.92. The van der Waals surface area contributed by atoms with Crippen LogP contribution in [0.2, 0.25) is 0 Å². The first-order valence-electron chi connectivity index (χ1n) is 7.18. The molecule has 0 N–H and O–H groups in total. The second-order valence-electron chi connectivity index (χ2n) is 5.21. The van der Waals surface area contributed by atoms with E-state index in [4.69, 9.17) is 14.2 Å². The molecule has 1 saturated heterocycles. The number of benzene rings is 2. The number of hydrogen-bond acceptors (Lipinski definition) is 4. The van der Waals surface area contributed by atoms with Crippen LogP contribution >= 0.6 is 0 Å². The molecule has 0 unspecified atom stereocenters. The van der Waals surface area contributed by atoms with Crippen molar-refractivity contribution in [1.82, 2.24) is 0 Å². The minimum absolute atomic E-state index is 0.256. The summed E-state index contributed by atoms with van der Waals surface area (Å²) >= 11 is 0. The summed E-state index contributed by atoms with van der Waals surface area (Å²) in [5, 5.41) is 1.96. The second kappa shape index (κ2) is 5.72. The van der Waals surface area contributed by atoms with Gasteiger partial charge in [0.15, 0.2) is 0 Å². The average molecular weight is 298 g/mol. The van der Waals surface area contributed by atoms with E-state index in [-0.39, 0.29) is 5.97 Å². The Morgan fingerprint density at radius 2 is 1.73 bits per heavy atom. The molecule has 0 atom stereocenters. The summed E-state index contributed by atoms with van der Waals surface area (Å²) in [4.78, 5) is 11.7. The Hall–Kier alpha value is -2.49. The van der Waals surface area contributed by atoms with Crippen molar-refractivity contribution in [2.45, 2.75) is 13.3 Å². The van der Waals surface area contributed by atoms with Crippen molar-refractivity contribution in [1.29, 1.82) is 0 Å². The van der Waals surface area contributed by atoms with Gasteiger partial charge in [0.1, 0.15) is 11.5 Å². The first-order valence-corrected chi connectivity index (χ1v) is 7.18. The van der Waals surface area contributed by atoms with Gasteiger partial charge in [0.2, 0.25) is 0 Å². The molecule has 1 aliphatic heterocycles. The van der Waals surface area contributed by atoms with Gasteiger partial charge in [-0.2, -0.15) is 0 Å². The maximum absolute atomic E-state index is 11.7. The van der Waals surface area contributed by atoms with E-state index in [1.807, 2.05) is 37.3 Å². The van der Waals surface area contributed by atoms with Crippen LogP contribution in [-0.2, 0) is 9.53 Å². The van der Waals surface area contributed by atoms with E-state index in [0.717, 1.165) is 33.4 Å². The Labute approximate surface area is 129 Å². The molecular weight excluding hydrogens is 280 g/mol. The van der Waals surface area contributed by atoms with Crippen LogP contribution < -0.4 is 9.47 Å². The molecule has 4 heteroatoms. The Bertz CT molecular complexity index is 774. The summed E-state index contributed by atoms with van der Waals surface area (Å²) in [7, 11) is 3.30. The van der Waals surface area contributed by atoms with Crippen molar-refractivity contribution in [3.05, 3.63) is 41.0 Å². The molecule has 22 heavy (non-hydrogen) atoms. The van der Waals surface area contributed by atoms with E-state index in [1.165, 1.54) is 0 Å². The molecule has 0 amide bonds. The highest BCUT2D eigenvalue weighted by atomic mass is 16.5. The van der Waals surface area contributed by atoms with E-state index < -0.39 is 0 Å². The van der Waals surface area contributed by atoms with Crippen LogP contribution in [0.1, 0.15) is 17.5 Å². The molecule has 0 bridgehead atoms. The smallest absolute Gasteiger partial charge is 0.334 e. The third kappa shape index (κ3) is 2.21. The predicted octanol–water partition coefficient (Wildman–Crippen LogP) is 3.50. The lowest BCUT2D eigenvalue weighted by molar-refractivity contribution is -0.134. The van der Waals surface area contributed by atoms with E-state index in [2.05, 4.69) is 0 Å². The van der Waals surface area contributed by atoms with Crippen LogP contribution in [0.15, 0.2) is 29.8 Å². The van der Waals surface area contributed by atoms with Crippen molar-refractivity contribution >= 4 is 22.8 Å². The van der Waals surface area contributed by atoms with E-state index in [0.29, 0.717) is 18.6 Å². The average Bonchev–Trinajstić information content (AvgIpc) is 2.93. The number of rotatable bonds is 3. The van der Waals surface area contributed by atoms with Gasteiger partial charge in [-0.3, -0.25) is 0 Å². The van der Waals surface area contributed by atoms with E-state index >= 15 is 0 Å². The highest BCUT2D eigenvalue weighted by Gasteiger charge is 2.22. The molecular formula is C18H18O4. The minimum Gasteiger partial charge on any atom is -0.496 e. The molecule has 1 fully saturated rings. The quantitative estimate of drug-likeness (QED) is 0.642. The van der Waals surface area contributed by atoms with Crippen LogP contribution in [0, 0.1) is 6.92 Å². The number of ether oxygens (including phenoxy) is 3. The minimum atomic E-state index is -0.256. The predicted molar refractivity (Wildman–Crippen MR) is 85.3 cm³/mol. The molecule has 0 radical (unpaired) electrons. The van der Waals surface area contributed by atoms with Crippen LogP contribution in [0.3, 0.4) is 0 Å². The van der Waals surface area contributed by atoms with E-state index in [1.54, 1.807) is 14.2 Å². The monoisotopic (exact) mass is 298 g/mol. The lowest BCUT2D eigenvalue weighted by Crippen LogP contribution is -1.99. The molecule has 2 aromatic carbocycles. The fraction of sp³-hybridized carbons (Fsp3) is 0.278. The van der Waals surface area contributed by atoms with Gasteiger partial charge in [0.05, 0.1) is 20.8 Å². The Kier molecular flexibility index (Phi) is 3.75. The number of cyclic esters (lactones) is 1. The van der Waals surface area contributed by atoms with Gasteiger partial charge >= 0.3 is 5.97 Å². The summed E-state index contributed by atoms with van der Waals surface area (Å²) in [5.74, 6) is 1.30. The number of hydrogen-bond donors (Lipinski definition) is 0. The van der Waals surface area contributed by atoms with Crippen LogP contribution in [0.25, 0.3) is 16.8 Å². The van der Waals surface area contributed by atoms with Gasteiger partial charge in [-0.25, -0.2) is 4.79 Å². The fourth-order valence-corrected chi connectivity index (χ4v) is 2.93. The lowest BCUT2D eigenvalue weighted by atomic mass is 9.96. The zero-order valence-electron chi connectivity index (χ0n) is 12.9. The molecule has 0 aromatic heterocycles. The number of fused-ring (bicyclic) bond motifs is 1. The highest BCUT2D eigenvalue weighted by molar-refractivity contribution is 6.01. The first-order chi connectivity index (χ1) is 10.7. The first kappa shape index (κ1) is 14.4. The van der Waals surface area contributed by atoms with Crippen LogP contribution in [-0.4, -0.2) is 26.8 Å². The maximum Gasteiger partial charge on any atom is 0.334 e. The largest absolute Gasteiger partial charge is 0.496 e. The van der Waals surface area contributed by atoms with Crippen molar-refractivity contribution in [3.8, 4) is 11.5 Å². The standard InChI is InChI=1S/C18H18O4/c1-11-15(10-12-8-9-22-18(12)19)17(21-3)14-7-5-4-6-13(14)16(11)20-2/h4-7,10H,8-9H2,1-3H3/b12-10+. The Balaban J connectivity index is 2.33. The summed E-state index contributed by atoms with van der Waals surface area (Å²) in [6.07, 6.45) is 2.48. The van der Waals surface area contributed by atoms with Gasteiger partial charge in [0.25, 0.3) is 0 Å². The number of carbonyl (C=O) groups is 1. The second-order valence-corrected chi connectivity index (χ2v) is 5.21. The van der Waals surface area contributed by atoms with Crippen LogP contribution in [0.5, 0.6) is 11.5 Å². The van der Waals surface area contributed by atoms with Gasteiger partial charge < -0.3 is 14.2 Å². The van der Waals surface area contributed by atoms with E-state index in [9.17, 15) is 4.79 Å². The summed E-state index contributed by atoms with van der Waals surface area (Å²) in [6.45, 7) is 2.41. The third-order valence-corrected chi connectivity index (χ3v) is 4.00. The summed E-state index contributed by atoms with van der Waals surface area (Å²) < 4.78 is 16.2. The molecule has 1 heterocycles. The molecule has 1 aliphatic rings.